The molecule has 3 aromatic rings. The molecule has 1 atom stereocenters. The first kappa shape index (κ1) is 18.6. The predicted molar refractivity (Wildman–Crippen MR) is 105 cm³/mol. The molecule has 3 rings (SSSR count). The Labute approximate surface area is 157 Å². The molecule has 27 heavy (non-hydrogen) atoms. The fraction of sp³-hybridized carbons (Fsp3) is 0.286. The van der Waals surface area contributed by atoms with Crippen LogP contribution in [0.25, 0.3) is 10.8 Å². The smallest absolute Gasteiger partial charge is 0.275 e. The van der Waals surface area contributed by atoms with Gasteiger partial charge >= 0.3 is 0 Å². The molecule has 0 fully saturated rings. The number of aryl methyl sites for hydroxylation is 2. The molecule has 6 nitrogen and oxygen atoms in total. The van der Waals surface area contributed by atoms with E-state index >= 15 is 0 Å². The van der Waals surface area contributed by atoms with Crippen molar-refractivity contribution in [2.45, 2.75) is 33.4 Å². The topological polar surface area (TPSA) is 73.2 Å². The highest BCUT2D eigenvalue weighted by Gasteiger charge is 2.16. The number of methoxy groups -OCH3 is 1. The van der Waals surface area contributed by atoms with Gasteiger partial charge in [-0.15, -0.1) is 0 Å². The minimum absolute atomic E-state index is 0.136. The number of carbonyl (C=O) groups excluding carboxylic acids is 1. The van der Waals surface area contributed by atoms with Crippen LogP contribution in [-0.2, 0) is 11.3 Å². The van der Waals surface area contributed by atoms with Gasteiger partial charge in [-0.2, -0.15) is 5.10 Å². The normalized spacial score (nSPS) is 12.0. The summed E-state index contributed by atoms with van der Waals surface area (Å²) < 4.78 is 6.60. The Morgan fingerprint density at radius 1 is 1.19 bits per heavy atom. The molecular weight excluding hydrogens is 342 g/mol. The van der Waals surface area contributed by atoms with Crippen LogP contribution in [0, 0.1) is 13.8 Å². The van der Waals surface area contributed by atoms with Gasteiger partial charge in [0.2, 0.25) is 5.91 Å². The first-order valence-electron chi connectivity index (χ1n) is 8.81. The van der Waals surface area contributed by atoms with Gasteiger partial charge in [0.1, 0.15) is 12.3 Å². The van der Waals surface area contributed by atoms with Crippen LogP contribution >= 0.6 is 0 Å². The summed E-state index contributed by atoms with van der Waals surface area (Å²) in [6, 6.07) is 12.8. The highest BCUT2D eigenvalue weighted by atomic mass is 16.5. The molecular formula is C21H23N3O3. The van der Waals surface area contributed by atoms with Gasteiger partial charge in [-0.25, -0.2) is 4.68 Å². The Hall–Kier alpha value is -3.15. The van der Waals surface area contributed by atoms with Crippen LogP contribution in [0.3, 0.4) is 0 Å². The van der Waals surface area contributed by atoms with Crippen LogP contribution in [0.15, 0.2) is 47.3 Å². The Morgan fingerprint density at radius 2 is 1.89 bits per heavy atom. The molecule has 0 spiro atoms. The van der Waals surface area contributed by atoms with E-state index in [1.54, 1.807) is 19.2 Å². The minimum Gasteiger partial charge on any atom is -0.496 e. The lowest BCUT2D eigenvalue weighted by atomic mass is 10.0. The third-order valence-electron chi connectivity index (χ3n) is 4.57. The molecule has 0 saturated heterocycles. The largest absolute Gasteiger partial charge is 0.496 e. The van der Waals surface area contributed by atoms with E-state index in [4.69, 9.17) is 4.74 Å². The van der Waals surface area contributed by atoms with Crippen LogP contribution in [0.1, 0.15) is 29.8 Å². The lowest BCUT2D eigenvalue weighted by Crippen LogP contribution is -2.35. The zero-order valence-corrected chi connectivity index (χ0v) is 15.9. The number of hydrogen-bond donors (Lipinski definition) is 1. The third-order valence-corrected chi connectivity index (χ3v) is 4.57. The predicted octanol–water partition coefficient (Wildman–Crippen LogP) is 2.90. The number of amides is 1. The second-order valence-corrected chi connectivity index (χ2v) is 6.63. The Morgan fingerprint density at radius 3 is 2.59 bits per heavy atom. The van der Waals surface area contributed by atoms with Crippen LogP contribution in [0.5, 0.6) is 5.75 Å². The molecule has 0 bridgehead atoms. The monoisotopic (exact) mass is 365 g/mol. The maximum absolute atomic E-state index is 12.6. The Kier molecular flexibility index (Phi) is 5.26. The summed E-state index contributed by atoms with van der Waals surface area (Å²) in [6.45, 7) is 5.56. The second-order valence-electron chi connectivity index (χ2n) is 6.63. The fourth-order valence-corrected chi connectivity index (χ4v) is 3.20. The van der Waals surface area contributed by atoms with Gasteiger partial charge in [-0.05, 0) is 32.9 Å². The van der Waals surface area contributed by atoms with E-state index in [-0.39, 0.29) is 24.1 Å². The van der Waals surface area contributed by atoms with E-state index in [0.29, 0.717) is 16.8 Å². The molecule has 0 aliphatic heterocycles. The lowest BCUT2D eigenvalue weighted by Gasteiger charge is -2.18. The molecule has 0 aliphatic rings. The molecule has 1 amide bonds. The van der Waals surface area contributed by atoms with Gasteiger partial charge in [-0.3, -0.25) is 9.59 Å². The number of nitrogens with one attached hydrogen (secondary N) is 1. The van der Waals surface area contributed by atoms with Crippen LogP contribution in [0.4, 0.5) is 0 Å². The number of benzene rings is 2. The van der Waals surface area contributed by atoms with Gasteiger partial charge in [-0.1, -0.05) is 35.9 Å². The summed E-state index contributed by atoms with van der Waals surface area (Å²) in [7, 11) is 1.60. The van der Waals surface area contributed by atoms with Crippen molar-refractivity contribution in [3.05, 3.63) is 69.6 Å². The van der Waals surface area contributed by atoms with Crippen molar-refractivity contribution < 1.29 is 9.53 Å². The van der Waals surface area contributed by atoms with E-state index in [1.165, 1.54) is 4.68 Å². The quantitative estimate of drug-likeness (QED) is 0.754. The maximum Gasteiger partial charge on any atom is 0.275 e. The summed E-state index contributed by atoms with van der Waals surface area (Å²) in [4.78, 5) is 25.1. The van der Waals surface area contributed by atoms with Crippen LogP contribution in [-0.4, -0.2) is 22.8 Å². The number of nitrogens with zero attached hydrogens (tertiary/aromatic N) is 2. The van der Waals surface area contributed by atoms with Crippen LogP contribution in [0.2, 0.25) is 0 Å². The number of carbonyl (C=O) groups is 1. The highest BCUT2D eigenvalue weighted by Crippen LogP contribution is 2.26. The number of aromatic nitrogens is 2. The fourth-order valence-electron chi connectivity index (χ4n) is 3.20. The van der Waals surface area contributed by atoms with Gasteiger partial charge in [0.15, 0.2) is 0 Å². The van der Waals surface area contributed by atoms with Gasteiger partial charge in [0.25, 0.3) is 5.56 Å². The average Bonchev–Trinajstić information content (AvgIpc) is 2.65. The number of rotatable bonds is 5. The molecule has 0 radical (unpaired) electrons. The van der Waals surface area contributed by atoms with Crippen molar-refractivity contribution in [1.82, 2.24) is 15.1 Å². The van der Waals surface area contributed by atoms with E-state index in [2.05, 4.69) is 10.4 Å². The average molecular weight is 365 g/mol. The Balaban J connectivity index is 1.82. The SMILES string of the molecule is COc1ccc(C)cc1C(C)NC(=O)Cn1nc(C)c2ccccc2c1=O. The highest BCUT2D eigenvalue weighted by molar-refractivity contribution is 5.83. The molecule has 1 unspecified atom stereocenters. The molecule has 1 aromatic heterocycles. The molecule has 0 aliphatic carbocycles. The number of hydrogen-bond acceptors (Lipinski definition) is 4. The van der Waals surface area contributed by atoms with Crippen molar-refractivity contribution in [1.29, 1.82) is 0 Å². The van der Waals surface area contributed by atoms with Crippen molar-refractivity contribution in [2.75, 3.05) is 7.11 Å². The number of fused-ring (bicyclic) bond motifs is 1. The van der Waals surface area contributed by atoms with Crippen molar-refractivity contribution in [3.63, 3.8) is 0 Å². The molecule has 140 valence electrons. The summed E-state index contributed by atoms with van der Waals surface area (Å²) in [5.74, 6) is 0.431. The zero-order chi connectivity index (χ0) is 19.6. The first-order valence-corrected chi connectivity index (χ1v) is 8.81. The van der Waals surface area contributed by atoms with Crippen molar-refractivity contribution >= 4 is 16.7 Å². The van der Waals surface area contributed by atoms with E-state index in [1.807, 2.05) is 51.1 Å². The van der Waals surface area contributed by atoms with Crippen LogP contribution < -0.4 is 15.6 Å². The minimum atomic E-state index is -0.282. The van der Waals surface area contributed by atoms with E-state index in [0.717, 1.165) is 16.5 Å². The molecule has 1 N–H and O–H groups in total. The summed E-state index contributed by atoms with van der Waals surface area (Å²) in [5, 5.41) is 8.57. The van der Waals surface area contributed by atoms with Crippen molar-refractivity contribution in [3.8, 4) is 5.75 Å². The summed E-state index contributed by atoms with van der Waals surface area (Å²) >= 11 is 0. The standard InChI is InChI=1S/C21H23N3O3/c1-13-9-10-19(27-4)18(11-13)14(2)22-20(25)12-24-21(26)17-8-6-5-7-16(17)15(3)23-24/h5-11,14H,12H2,1-4H3,(H,22,25). The molecule has 0 saturated carbocycles. The van der Waals surface area contributed by atoms with Crippen molar-refractivity contribution in [2.24, 2.45) is 0 Å². The molecule has 2 aromatic carbocycles. The maximum atomic E-state index is 12.6. The van der Waals surface area contributed by atoms with Gasteiger partial charge < -0.3 is 10.1 Å². The molecule has 1 heterocycles. The lowest BCUT2D eigenvalue weighted by molar-refractivity contribution is -0.122. The second kappa shape index (κ2) is 7.61. The molecule has 6 heteroatoms. The number of ether oxygens (including phenoxy) is 1. The third kappa shape index (κ3) is 3.84. The van der Waals surface area contributed by atoms with Gasteiger partial charge in [0, 0.05) is 10.9 Å². The van der Waals surface area contributed by atoms with E-state index in [9.17, 15) is 9.59 Å². The van der Waals surface area contributed by atoms with E-state index < -0.39 is 0 Å². The zero-order valence-electron chi connectivity index (χ0n) is 15.9. The summed E-state index contributed by atoms with van der Waals surface area (Å²) in [6.07, 6.45) is 0. The summed E-state index contributed by atoms with van der Waals surface area (Å²) in [5.41, 5.74) is 2.41. The Bertz CT molecular complexity index is 1060. The van der Waals surface area contributed by atoms with Gasteiger partial charge in [0.05, 0.1) is 24.2 Å². The first-order chi connectivity index (χ1) is 12.9.